The molecule has 0 atom stereocenters. The summed E-state index contributed by atoms with van der Waals surface area (Å²) in [4.78, 5) is 12.5. The van der Waals surface area contributed by atoms with Crippen LogP contribution in [-0.4, -0.2) is 53.4 Å². The van der Waals surface area contributed by atoms with E-state index in [2.05, 4.69) is 22.4 Å². The van der Waals surface area contributed by atoms with Crippen LogP contribution in [0.2, 0.25) is 0 Å². The summed E-state index contributed by atoms with van der Waals surface area (Å²) in [6.07, 6.45) is 5.14. The Morgan fingerprint density at radius 3 is 2.40 bits per heavy atom. The molecule has 1 heterocycles. The molecule has 1 aromatic carbocycles. The number of thioether (sulfide) groups is 2. The number of nitrogens with one attached hydrogen (secondary N) is 1. The van der Waals surface area contributed by atoms with Gasteiger partial charge in [0.2, 0.25) is 15.9 Å². The third-order valence-corrected chi connectivity index (χ3v) is 9.88. The number of nitrogens with zero attached hydrogens (tertiary/aromatic N) is 3. The first-order chi connectivity index (χ1) is 14.4. The van der Waals surface area contributed by atoms with Gasteiger partial charge in [0, 0.05) is 18.8 Å². The van der Waals surface area contributed by atoms with Crippen LogP contribution in [0.4, 0.5) is 5.69 Å². The number of amides is 1. The second kappa shape index (κ2) is 10.9. The number of aromatic nitrogens is 2. The standard InChI is InChI=1S/C19H26N4O3S4/c1-3-27-18-21-22-19(29-18)28-13-17(24)20-14-9-11-16(12-10-14)30(25,26)23(2)15-7-5-4-6-8-15/h9-12,15H,3-8,13H2,1-2H3,(H,20,24). The van der Waals surface area contributed by atoms with E-state index in [0.717, 1.165) is 40.1 Å². The minimum Gasteiger partial charge on any atom is -0.325 e. The molecule has 1 aliphatic rings. The Labute approximate surface area is 190 Å². The van der Waals surface area contributed by atoms with Crippen LogP contribution < -0.4 is 5.32 Å². The fourth-order valence-corrected chi connectivity index (χ4v) is 7.41. The fourth-order valence-electron chi connectivity index (χ4n) is 3.28. The number of benzene rings is 1. The van der Waals surface area contributed by atoms with Crippen LogP contribution in [0.3, 0.4) is 0 Å². The van der Waals surface area contributed by atoms with Crippen molar-refractivity contribution in [2.75, 3.05) is 23.9 Å². The van der Waals surface area contributed by atoms with E-state index < -0.39 is 10.0 Å². The first-order valence-electron chi connectivity index (χ1n) is 9.87. The average Bonchev–Trinajstić information content (AvgIpc) is 3.20. The smallest absolute Gasteiger partial charge is 0.243 e. The molecule has 11 heteroatoms. The molecule has 1 amide bonds. The number of carbonyl (C=O) groups excluding carboxylic acids is 1. The Kier molecular flexibility index (Phi) is 8.58. The quantitative estimate of drug-likeness (QED) is 0.527. The maximum Gasteiger partial charge on any atom is 0.243 e. The van der Waals surface area contributed by atoms with Gasteiger partial charge in [0.15, 0.2) is 8.68 Å². The van der Waals surface area contributed by atoms with E-state index in [1.54, 1.807) is 43.1 Å². The van der Waals surface area contributed by atoms with E-state index in [4.69, 9.17) is 0 Å². The predicted molar refractivity (Wildman–Crippen MR) is 124 cm³/mol. The Morgan fingerprint density at radius 2 is 1.77 bits per heavy atom. The van der Waals surface area contributed by atoms with Crippen LogP contribution in [-0.2, 0) is 14.8 Å². The third-order valence-electron chi connectivity index (χ3n) is 4.89. The highest BCUT2D eigenvalue weighted by molar-refractivity contribution is 8.03. The lowest BCUT2D eigenvalue weighted by molar-refractivity contribution is -0.113. The van der Waals surface area contributed by atoms with Crippen molar-refractivity contribution in [3.05, 3.63) is 24.3 Å². The molecule has 0 radical (unpaired) electrons. The van der Waals surface area contributed by atoms with Crippen LogP contribution in [0.25, 0.3) is 0 Å². The predicted octanol–water partition coefficient (Wildman–Crippen LogP) is 4.33. The Hall–Kier alpha value is -1.14. The summed E-state index contributed by atoms with van der Waals surface area (Å²) in [5.41, 5.74) is 0.569. The van der Waals surface area contributed by atoms with Gasteiger partial charge in [-0.15, -0.1) is 10.2 Å². The molecule has 7 nitrogen and oxygen atoms in total. The molecule has 0 unspecified atom stereocenters. The van der Waals surface area contributed by atoms with Gasteiger partial charge in [-0.05, 0) is 42.9 Å². The zero-order chi connectivity index (χ0) is 21.6. The van der Waals surface area contributed by atoms with E-state index in [-0.39, 0.29) is 22.6 Å². The van der Waals surface area contributed by atoms with Crippen molar-refractivity contribution in [3.63, 3.8) is 0 Å². The van der Waals surface area contributed by atoms with Crippen molar-refractivity contribution >= 4 is 56.5 Å². The first-order valence-corrected chi connectivity index (χ1v) is 14.1. The molecule has 30 heavy (non-hydrogen) atoms. The number of hydrogen-bond acceptors (Lipinski definition) is 8. The van der Waals surface area contributed by atoms with Crippen LogP contribution in [0, 0.1) is 0 Å². The molecule has 0 bridgehead atoms. The van der Waals surface area contributed by atoms with Gasteiger partial charge in [-0.1, -0.05) is 61.0 Å². The van der Waals surface area contributed by atoms with Crippen molar-refractivity contribution in [1.82, 2.24) is 14.5 Å². The van der Waals surface area contributed by atoms with Crippen LogP contribution in [0.5, 0.6) is 0 Å². The first kappa shape index (κ1) is 23.5. The highest BCUT2D eigenvalue weighted by Gasteiger charge is 2.28. The second-order valence-electron chi connectivity index (χ2n) is 6.94. The number of sulfonamides is 1. The SMILES string of the molecule is CCSc1nnc(SCC(=O)Nc2ccc(S(=O)(=O)N(C)C3CCCCC3)cc2)s1. The highest BCUT2D eigenvalue weighted by atomic mass is 32.2. The summed E-state index contributed by atoms with van der Waals surface area (Å²) in [6.45, 7) is 2.05. The minimum atomic E-state index is -3.53. The van der Waals surface area contributed by atoms with E-state index in [0.29, 0.717) is 5.69 Å². The van der Waals surface area contributed by atoms with Gasteiger partial charge < -0.3 is 5.32 Å². The van der Waals surface area contributed by atoms with E-state index in [1.165, 1.54) is 33.8 Å². The lowest BCUT2D eigenvalue weighted by Gasteiger charge is -2.30. The normalized spacial score (nSPS) is 15.4. The van der Waals surface area contributed by atoms with Gasteiger partial charge >= 0.3 is 0 Å². The van der Waals surface area contributed by atoms with E-state index in [1.807, 2.05) is 0 Å². The van der Waals surface area contributed by atoms with Gasteiger partial charge in [-0.2, -0.15) is 4.31 Å². The summed E-state index contributed by atoms with van der Waals surface area (Å²) >= 11 is 4.44. The minimum absolute atomic E-state index is 0.0664. The highest BCUT2D eigenvalue weighted by Crippen LogP contribution is 2.29. The molecular formula is C19H26N4O3S4. The van der Waals surface area contributed by atoms with E-state index >= 15 is 0 Å². The molecule has 1 aromatic heterocycles. The van der Waals surface area contributed by atoms with Gasteiger partial charge in [0.1, 0.15) is 0 Å². The van der Waals surface area contributed by atoms with E-state index in [9.17, 15) is 13.2 Å². The Morgan fingerprint density at radius 1 is 1.13 bits per heavy atom. The second-order valence-corrected chi connectivity index (χ2v) is 12.6. The van der Waals surface area contributed by atoms with Gasteiger partial charge in [0.05, 0.1) is 10.6 Å². The largest absolute Gasteiger partial charge is 0.325 e. The Balaban J connectivity index is 1.54. The van der Waals surface area contributed by atoms with Crippen molar-refractivity contribution in [3.8, 4) is 0 Å². The molecule has 3 rings (SSSR count). The topological polar surface area (TPSA) is 92.3 Å². The zero-order valence-electron chi connectivity index (χ0n) is 17.0. The fraction of sp³-hybridized carbons (Fsp3) is 0.526. The van der Waals surface area contributed by atoms with Gasteiger partial charge in [-0.3, -0.25) is 4.79 Å². The molecule has 0 saturated heterocycles. The lowest BCUT2D eigenvalue weighted by atomic mass is 9.96. The van der Waals surface area contributed by atoms with Gasteiger partial charge in [0.25, 0.3) is 0 Å². The third kappa shape index (κ3) is 6.19. The monoisotopic (exact) mass is 486 g/mol. The van der Waals surface area contributed by atoms with Crippen molar-refractivity contribution in [2.24, 2.45) is 0 Å². The maximum atomic E-state index is 12.9. The summed E-state index contributed by atoms with van der Waals surface area (Å²) in [7, 11) is -1.87. The number of anilines is 1. The van der Waals surface area contributed by atoms with Crippen molar-refractivity contribution in [1.29, 1.82) is 0 Å². The number of carbonyl (C=O) groups is 1. The molecule has 0 aliphatic heterocycles. The average molecular weight is 487 g/mol. The van der Waals surface area contributed by atoms with Crippen LogP contribution >= 0.6 is 34.9 Å². The molecule has 1 fully saturated rings. The molecule has 164 valence electrons. The maximum absolute atomic E-state index is 12.9. The number of hydrogen-bond donors (Lipinski definition) is 1. The Bertz CT molecular complexity index is 941. The molecule has 1 saturated carbocycles. The summed E-state index contributed by atoms with van der Waals surface area (Å²) in [5.74, 6) is 0.979. The van der Waals surface area contributed by atoms with Gasteiger partial charge in [-0.25, -0.2) is 8.42 Å². The zero-order valence-corrected chi connectivity index (χ0v) is 20.3. The summed E-state index contributed by atoms with van der Waals surface area (Å²) in [6, 6.07) is 6.43. The van der Waals surface area contributed by atoms with Crippen LogP contribution in [0.15, 0.2) is 37.8 Å². The summed E-state index contributed by atoms with van der Waals surface area (Å²) < 4.78 is 28.9. The van der Waals surface area contributed by atoms with Crippen molar-refractivity contribution in [2.45, 2.75) is 58.6 Å². The molecule has 2 aromatic rings. The van der Waals surface area contributed by atoms with Crippen molar-refractivity contribution < 1.29 is 13.2 Å². The number of rotatable bonds is 9. The molecule has 0 spiro atoms. The summed E-state index contributed by atoms with van der Waals surface area (Å²) in [5, 5.41) is 10.9. The molecular weight excluding hydrogens is 461 g/mol. The molecule has 1 N–H and O–H groups in total. The molecule has 1 aliphatic carbocycles. The van der Waals surface area contributed by atoms with Crippen LogP contribution in [0.1, 0.15) is 39.0 Å². The lowest BCUT2D eigenvalue weighted by Crippen LogP contribution is -2.38.